The molecule has 3 atom stereocenters. The van der Waals surface area contributed by atoms with Crippen molar-refractivity contribution in [2.45, 2.75) is 42.7 Å². The van der Waals surface area contributed by atoms with Gasteiger partial charge >= 0.3 is 0 Å². The van der Waals surface area contributed by atoms with Crippen LogP contribution in [0.5, 0.6) is 5.75 Å². The van der Waals surface area contributed by atoms with Gasteiger partial charge in [-0.25, -0.2) is 8.42 Å². The molecule has 7 heteroatoms. The molecular formula is C25H32N2O4S. The van der Waals surface area contributed by atoms with Crippen LogP contribution in [0.4, 0.5) is 0 Å². The second kappa shape index (κ2) is 9.75. The molecule has 2 fully saturated rings. The SMILES string of the molecule is CC=Cc1ccc([C@H]2[C@@H](CO)N3CCCCN(S(=O)(=O)c4ccc(OC)cc4)C[C@H]23)cc1. The van der Waals surface area contributed by atoms with Gasteiger partial charge in [-0.2, -0.15) is 4.31 Å². The van der Waals surface area contributed by atoms with Gasteiger partial charge in [0.05, 0.1) is 18.6 Å². The van der Waals surface area contributed by atoms with E-state index in [1.807, 2.05) is 13.0 Å². The van der Waals surface area contributed by atoms with E-state index in [-0.39, 0.29) is 29.5 Å². The maximum absolute atomic E-state index is 13.4. The first-order valence-electron chi connectivity index (χ1n) is 11.2. The minimum Gasteiger partial charge on any atom is -0.497 e. The smallest absolute Gasteiger partial charge is 0.243 e. The van der Waals surface area contributed by atoms with Crippen LogP contribution in [-0.2, 0) is 10.0 Å². The van der Waals surface area contributed by atoms with Crippen molar-refractivity contribution >= 4 is 16.1 Å². The molecule has 2 aromatic carbocycles. The molecule has 0 amide bonds. The first-order chi connectivity index (χ1) is 15.5. The van der Waals surface area contributed by atoms with Crippen LogP contribution in [0.25, 0.3) is 6.08 Å². The third-order valence-corrected chi connectivity index (χ3v) is 8.59. The Hall–Kier alpha value is -2.19. The highest BCUT2D eigenvalue weighted by atomic mass is 32.2. The van der Waals surface area contributed by atoms with Crippen molar-refractivity contribution in [1.29, 1.82) is 0 Å². The fourth-order valence-electron chi connectivity index (χ4n) is 5.05. The molecule has 0 saturated carbocycles. The Bertz CT molecular complexity index is 1030. The molecule has 0 aromatic heterocycles. The van der Waals surface area contributed by atoms with E-state index in [0.29, 0.717) is 18.8 Å². The number of aliphatic hydroxyl groups excluding tert-OH is 1. The second-order valence-corrected chi connectivity index (χ2v) is 10.4. The first kappa shape index (κ1) is 23.0. The van der Waals surface area contributed by atoms with Crippen LogP contribution >= 0.6 is 0 Å². The van der Waals surface area contributed by atoms with Crippen molar-refractivity contribution in [2.24, 2.45) is 0 Å². The summed E-state index contributed by atoms with van der Waals surface area (Å²) >= 11 is 0. The standard InChI is InChI=1S/C25H32N2O4S/c1-3-6-19-7-9-20(10-8-19)25-23-17-26(15-4-5-16-27(23)24(25)18-28)32(29,30)22-13-11-21(31-2)12-14-22/h3,6-14,23-25,28H,4-5,15-18H2,1-2H3/t23-,24-,25-/m1/s1. The van der Waals surface area contributed by atoms with E-state index in [1.54, 1.807) is 35.7 Å². The third-order valence-electron chi connectivity index (χ3n) is 6.71. The van der Waals surface area contributed by atoms with E-state index in [9.17, 15) is 13.5 Å². The number of sulfonamides is 1. The Labute approximate surface area is 191 Å². The van der Waals surface area contributed by atoms with Crippen molar-refractivity contribution in [3.05, 3.63) is 65.7 Å². The van der Waals surface area contributed by atoms with Gasteiger partial charge in [0.1, 0.15) is 5.75 Å². The zero-order valence-corrected chi connectivity index (χ0v) is 19.5. The summed E-state index contributed by atoms with van der Waals surface area (Å²) in [6.07, 6.45) is 5.78. The van der Waals surface area contributed by atoms with Crippen molar-refractivity contribution in [3.63, 3.8) is 0 Å². The maximum Gasteiger partial charge on any atom is 0.243 e. The molecule has 2 aliphatic rings. The third kappa shape index (κ3) is 4.35. The summed E-state index contributed by atoms with van der Waals surface area (Å²) in [6.45, 7) is 3.88. The van der Waals surface area contributed by atoms with E-state index in [2.05, 4.69) is 35.2 Å². The predicted octanol–water partition coefficient (Wildman–Crippen LogP) is 3.34. The molecule has 0 unspecified atom stereocenters. The van der Waals surface area contributed by atoms with Crippen LogP contribution in [-0.4, -0.2) is 68.2 Å². The highest BCUT2D eigenvalue weighted by Crippen LogP contribution is 2.42. The lowest BCUT2D eigenvalue weighted by Gasteiger charge is -2.57. The quantitative estimate of drug-likeness (QED) is 0.722. The fourth-order valence-corrected chi connectivity index (χ4v) is 6.54. The Morgan fingerprint density at radius 3 is 2.38 bits per heavy atom. The second-order valence-electron chi connectivity index (χ2n) is 8.49. The summed E-state index contributed by atoms with van der Waals surface area (Å²) in [7, 11) is -2.05. The Morgan fingerprint density at radius 1 is 1.06 bits per heavy atom. The van der Waals surface area contributed by atoms with Gasteiger partial charge in [0.2, 0.25) is 10.0 Å². The van der Waals surface area contributed by atoms with E-state index < -0.39 is 10.0 Å². The van der Waals surface area contributed by atoms with Gasteiger partial charge in [-0.1, -0.05) is 36.4 Å². The summed E-state index contributed by atoms with van der Waals surface area (Å²) in [5, 5.41) is 10.1. The van der Waals surface area contributed by atoms with Crippen molar-refractivity contribution in [2.75, 3.05) is 33.4 Å². The topological polar surface area (TPSA) is 70.1 Å². The van der Waals surface area contributed by atoms with Crippen LogP contribution in [0.3, 0.4) is 0 Å². The first-order valence-corrected chi connectivity index (χ1v) is 12.7. The average molecular weight is 457 g/mol. The molecule has 4 rings (SSSR count). The number of benzene rings is 2. The summed E-state index contributed by atoms with van der Waals surface area (Å²) < 4.78 is 33.7. The molecule has 2 heterocycles. The molecule has 0 spiro atoms. The minimum absolute atomic E-state index is 0.0243. The Kier molecular flexibility index (Phi) is 7.00. The molecule has 2 aromatic rings. The number of hydrogen-bond acceptors (Lipinski definition) is 5. The number of ether oxygens (including phenoxy) is 1. The van der Waals surface area contributed by atoms with Gasteiger partial charge in [0.25, 0.3) is 0 Å². The number of aliphatic hydroxyl groups is 1. The zero-order valence-electron chi connectivity index (χ0n) is 18.7. The van der Waals surface area contributed by atoms with Crippen LogP contribution in [0, 0.1) is 0 Å². The molecule has 172 valence electrons. The van der Waals surface area contributed by atoms with Gasteiger partial charge in [0.15, 0.2) is 0 Å². The largest absolute Gasteiger partial charge is 0.497 e. The average Bonchev–Trinajstić information content (AvgIpc) is 2.79. The molecular weight excluding hydrogens is 424 g/mol. The fraction of sp³-hybridized carbons (Fsp3) is 0.440. The van der Waals surface area contributed by atoms with Crippen molar-refractivity contribution < 1.29 is 18.3 Å². The predicted molar refractivity (Wildman–Crippen MR) is 126 cm³/mol. The zero-order chi connectivity index (χ0) is 22.7. The van der Waals surface area contributed by atoms with Crippen molar-refractivity contribution in [1.82, 2.24) is 9.21 Å². The maximum atomic E-state index is 13.4. The lowest BCUT2D eigenvalue weighted by atomic mass is 9.74. The van der Waals surface area contributed by atoms with Crippen LogP contribution in [0.1, 0.15) is 36.8 Å². The lowest BCUT2D eigenvalue weighted by Crippen LogP contribution is -2.67. The number of rotatable bonds is 6. The highest BCUT2D eigenvalue weighted by molar-refractivity contribution is 7.89. The molecule has 2 aliphatic heterocycles. The van der Waals surface area contributed by atoms with Gasteiger partial charge in [-0.05, 0) is 61.7 Å². The molecule has 2 saturated heterocycles. The van der Waals surface area contributed by atoms with Gasteiger partial charge in [0, 0.05) is 31.1 Å². The molecule has 32 heavy (non-hydrogen) atoms. The number of fused-ring (bicyclic) bond motifs is 1. The monoisotopic (exact) mass is 456 g/mol. The van der Waals surface area contributed by atoms with Gasteiger partial charge < -0.3 is 9.84 Å². The number of methoxy groups -OCH3 is 1. The van der Waals surface area contributed by atoms with Crippen LogP contribution in [0.2, 0.25) is 0 Å². The Morgan fingerprint density at radius 2 is 1.75 bits per heavy atom. The summed E-state index contributed by atoms with van der Waals surface area (Å²) in [4.78, 5) is 2.58. The normalized spacial score (nSPS) is 25.0. The van der Waals surface area contributed by atoms with E-state index in [0.717, 1.165) is 30.5 Å². The van der Waals surface area contributed by atoms with Gasteiger partial charge in [-0.15, -0.1) is 0 Å². The van der Waals surface area contributed by atoms with Crippen LogP contribution < -0.4 is 4.74 Å². The summed E-state index contributed by atoms with van der Waals surface area (Å²) in [6, 6.07) is 15.1. The van der Waals surface area contributed by atoms with E-state index >= 15 is 0 Å². The van der Waals surface area contributed by atoms with Crippen LogP contribution in [0.15, 0.2) is 59.5 Å². The highest BCUT2D eigenvalue weighted by Gasteiger charge is 2.50. The molecule has 1 N–H and O–H groups in total. The van der Waals surface area contributed by atoms with E-state index in [4.69, 9.17) is 4.74 Å². The minimum atomic E-state index is -3.61. The molecule has 0 bridgehead atoms. The molecule has 6 nitrogen and oxygen atoms in total. The summed E-state index contributed by atoms with van der Waals surface area (Å²) in [5.74, 6) is 0.736. The Balaban J connectivity index is 1.61. The number of hydrogen-bond donors (Lipinski definition) is 1. The van der Waals surface area contributed by atoms with Crippen molar-refractivity contribution in [3.8, 4) is 5.75 Å². The lowest BCUT2D eigenvalue weighted by molar-refractivity contribution is -0.0553. The van der Waals surface area contributed by atoms with E-state index in [1.165, 1.54) is 0 Å². The summed E-state index contributed by atoms with van der Waals surface area (Å²) in [5.41, 5.74) is 2.29. The molecule has 0 radical (unpaired) electrons. The molecule has 0 aliphatic carbocycles. The number of nitrogens with zero attached hydrogens (tertiary/aromatic N) is 2. The van der Waals surface area contributed by atoms with Gasteiger partial charge in [-0.3, -0.25) is 4.90 Å². The number of allylic oxidation sites excluding steroid dienone is 1.